The third-order valence-corrected chi connectivity index (χ3v) is 8.27. The number of piperidine rings is 1. The normalized spacial score (nSPS) is 16.3. The molecular formula is C26H33N3O5S. The number of likely N-dealkylation sites (tertiary alicyclic amines) is 1. The maximum absolute atomic E-state index is 12.8. The standard InChI is InChI=1S/C26H33N3O5S/c1-19-11-14-28(15-12-19)25(30)9-10-26(31)29-16-13-21-17-23(7-8-24(21)29)35(32,33)27-18-20-3-5-22(34-2)6-4-20/h3-8,17,19,27H,9-16,18H2,1-2H3. The second-order valence-corrected chi connectivity index (χ2v) is 11.1. The first-order valence-corrected chi connectivity index (χ1v) is 13.6. The zero-order valence-electron chi connectivity index (χ0n) is 20.3. The van der Waals surface area contributed by atoms with Crippen LogP contribution in [0.1, 0.15) is 43.7 Å². The van der Waals surface area contributed by atoms with E-state index < -0.39 is 10.0 Å². The van der Waals surface area contributed by atoms with Gasteiger partial charge in [0.1, 0.15) is 5.75 Å². The van der Waals surface area contributed by atoms with E-state index in [0.717, 1.165) is 42.7 Å². The molecule has 2 heterocycles. The van der Waals surface area contributed by atoms with Gasteiger partial charge in [0.2, 0.25) is 21.8 Å². The Hall–Kier alpha value is -2.91. The van der Waals surface area contributed by atoms with Crippen molar-refractivity contribution in [3.63, 3.8) is 0 Å². The number of sulfonamides is 1. The van der Waals surface area contributed by atoms with Gasteiger partial charge in [0.15, 0.2) is 0 Å². The third kappa shape index (κ3) is 6.02. The van der Waals surface area contributed by atoms with E-state index >= 15 is 0 Å². The first-order chi connectivity index (χ1) is 16.8. The molecule has 0 spiro atoms. The largest absolute Gasteiger partial charge is 0.497 e. The smallest absolute Gasteiger partial charge is 0.240 e. The Morgan fingerprint density at radius 1 is 1.00 bits per heavy atom. The first kappa shape index (κ1) is 25.2. The van der Waals surface area contributed by atoms with Crippen molar-refractivity contribution in [1.82, 2.24) is 9.62 Å². The van der Waals surface area contributed by atoms with Crippen LogP contribution in [0.5, 0.6) is 5.75 Å². The summed E-state index contributed by atoms with van der Waals surface area (Å²) in [5.41, 5.74) is 2.37. The highest BCUT2D eigenvalue weighted by molar-refractivity contribution is 7.89. The predicted octanol–water partition coefficient (Wildman–Crippen LogP) is 3.10. The van der Waals surface area contributed by atoms with Crippen molar-refractivity contribution in [3.8, 4) is 5.75 Å². The summed E-state index contributed by atoms with van der Waals surface area (Å²) in [6, 6.07) is 12.0. The number of carbonyl (C=O) groups excluding carboxylic acids is 2. The van der Waals surface area contributed by atoms with E-state index in [0.29, 0.717) is 24.6 Å². The van der Waals surface area contributed by atoms with Gasteiger partial charge in [0.05, 0.1) is 12.0 Å². The molecule has 9 heteroatoms. The van der Waals surface area contributed by atoms with Gasteiger partial charge < -0.3 is 14.5 Å². The Bertz CT molecular complexity index is 1170. The monoisotopic (exact) mass is 499 g/mol. The predicted molar refractivity (Wildman–Crippen MR) is 134 cm³/mol. The number of methoxy groups -OCH3 is 1. The van der Waals surface area contributed by atoms with E-state index in [2.05, 4.69) is 11.6 Å². The molecule has 2 aliphatic rings. The number of benzene rings is 2. The molecule has 4 rings (SSSR count). The molecule has 0 aromatic heterocycles. The molecule has 2 aromatic rings. The molecule has 2 aliphatic heterocycles. The average molecular weight is 500 g/mol. The van der Waals surface area contributed by atoms with Crippen molar-refractivity contribution in [1.29, 1.82) is 0 Å². The van der Waals surface area contributed by atoms with Gasteiger partial charge in [-0.1, -0.05) is 19.1 Å². The number of amides is 2. The highest BCUT2D eigenvalue weighted by atomic mass is 32.2. The van der Waals surface area contributed by atoms with Crippen LogP contribution in [0.4, 0.5) is 5.69 Å². The lowest BCUT2D eigenvalue weighted by atomic mass is 9.99. The maximum atomic E-state index is 12.8. The molecule has 2 aromatic carbocycles. The summed E-state index contributed by atoms with van der Waals surface area (Å²) in [6.07, 6.45) is 2.98. The van der Waals surface area contributed by atoms with Crippen LogP contribution in [0.15, 0.2) is 47.4 Å². The lowest BCUT2D eigenvalue weighted by Gasteiger charge is -2.30. The number of hydrogen-bond donors (Lipinski definition) is 1. The van der Waals surface area contributed by atoms with Crippen LogP contribution in [0.2, 0.25) is 0 Å². The van der Waals surface area contributed by atoms with Gasteiger partial charge in [-0.3, -0.25) is 9.59 Å². The van der Waals surface area contributed by atoms with Crippen molar-refractivity contribution >= 4 is 27.5 Å². The fraction of sp³-hybridized carbons (Fsp3) is 0.462. The molecule has 8 nitrogen and oxygen atoms in total. The number of fused-ring (bicyclic) bond motifs is 1. The minimum atomic E-state index is -3.71. The van der Waals surface area contributed by atoms with Gasteiger partial charge >= 0.3 is 0 Å². The van der Waals surface area contributed by atoms with Gasteiger partial charge in [-0.15, -0.1) is 0 Å². The number of hydrogen-bond acceptors (Lipinski definition) is 5. The molecule has 0 unspecified atom stereocenters. The third-order valence-electron chi connectivity index (χ3n) is 6.87. The van der Waals surface area contributed by atoms with E-state index in [1.165, 1.54) is 6.07 Å². The molecule has 0 atom stereocenters. The van der Waals surface area contributed by atoms with E-state index in [-0.39, 0.29) is 36.1 Å². The Morgan fingerprint density at radius 3 is 2.37 bits per heavy atom. The topological polar surface area (TPSA) is 96.0 Å². The van der Waals surface area contributed by atoms with Crippen LogP contribution >= 0.6 is 0 Å². The number of nitrogens with one attached hydrogen (secondary N) is 1. The minimum absolute atomic E-state index is 0.0362. The van der Waals surface area contributed by atoms with Crippen LogP contribution in [0, 0.1) is 5.92 Å². The molecule has 0 radical (unpaired) electrons. The van der Waals surface area contributed by atoms with Gasteiger partial charge in [0, 0.05) is 44.7 Å². The first-order valence-electron chi connectivity index (χ1n) is 12.1. The summed E-state index contributed by atoms with van der Waals surface area (Å²) in [7, 11) is -2.13. The van der Waals surface area contributed by atoms with E-state index in [4.69, 9.17) is 4.74 Å². The summed E-state index contributed by atoms with van der Waals surface area (Å²) in [6.45, 7) is 4.39. The lowest BCUT2D eigenvalue weighted by molar-refractivity contribution is -0.134. The maximum Gasteiger partial charge on any atom is 0.240 e. The summed E-state index contributed by atoms with van der Waals surface area (Å²) in [5, 5.41) is 0. The lowest BCUT2D eigenvalue weighted by Crippen LogP contribution is -2.38. The van der Waals surface area contributed by atoms with E-state index in [9.17, 15) is 18.0 Å². The Balaban J connectivity index is 1.34. The molecule has 1 saturated heterocycles. The second kappa shape index (κ2) is 10.8. The number of ether oxygens (including phenoxy) is 1. The van der Waals surface area contributed by atoms with Crippen LogP contribution in [-0.2, 0) is 32.6 Å². The Kier molecular flexibility index (Phi) is 7.76. The summed E-state index contributed by atoms with van der Waals surface area (Å²) in [4.78, 5) is 29.1. The quantitative estimate of drug-likeness (QED) is 0.602. The SMILES string of the molecule is COc1ccc(CNS(=O)(=O)c2ccc3c(c2)CCN3C(=O)CCC(=O)N2CCC(C)CC2)cc1. The summed E-state index contributed by atoms with van der Waals surface area (Å²) < 4.78 is 33.4. The van der Waals surface area contributed by atoms with Gasteiger partial charge in [-0.05, 0) is 66.6 Å². The molecule has 1 N–H and O–H groups in total. The molecule has 35 heavy (non-hydrogen) atoms. The van der Waals surface area contributed by atoms with Crippen molar-refractivity contribution < 1.29 is 22.7 Å². The van der Waals surface area contributed by atoms with E-state index in [1.54, 1.807) is 36.3 Å². The van der Waals surface area contributed by atoms with Crippen molar-refractivity contribution in [2.75, 3.05) is 31.6 Å². The summed E-state index contributed by atoms with van der Waals surface area (Å²) in [5.74, 6) is 1.29. The molecule has 0 aliphatic carbocycles. The second-order valence-electron chi connectivity index (χ2n) is 9.32. The molecule has 1 fully saturated rings. The number of anilines is 1. The fourth-order valence-corrected chi connectivity index (χ4v) is 5.64. The summed E-state index contributed by atoms with van der Waals surface area (Å²) >= 11 is 0. The molecule has 0 bridgehead atoms. The van der Waals surface area contributed by atoms with E-state index in [1.807, 2.05) is 17.0 Å². The fourth-order valence-electron chi connectivity index (χ4n) is 4.57. The number of rotatable bonds is 8. The van der Waals surface area contributed by atoms with Gasteiger partial charge in [-0.2, -0.15) is 0 Å². The highest BCUT2D eigenvalue weighted by Gasteiger charge is 2.28. The van der Waals surface area contributed by atoms with Crippen molar-refractivity contribution in [3.05, 3.63) is 53.6 Å². The van der Waals surface area contributed by atoms with Gasteiger partial charge in [-0.25, -0.2) is 13.1 Å². The number of nitrogens with zero attached hydrogens (tertiary/aromatic N) is 2. The molecule has 2 amide bonds. The zero-order valence-corrected chi connectivity index (χ0v) is 21.1. The Labute approximate surface area is 207 Å². The molecule has 0 saturated carbocycles. The minimum Gasteiger partial charge on any atom is -0.497 e. The van der Waals surface area contributed by atoms with Crippen molar-refractivity contribution in [2.45, 2.75) is 50.5 Å². The number of carbonyl (C=O) groups is 2. The molecular weight excluding hydrogens is 466 g/mol. The Morgan fingerprint density at radius 2 is 1.69 bits per heavy atom. The average Bonchev–Trinajstić information content (AvgIpc) is 3.30. The van der Waals surface area contributed by atoms with Crippen LogP contribution in [0.3, 0.4) is 0 Å². The molecule has 188 valence electrons. The van der Waals surface area contributed by atoms with Crippen LogP contribution in [-0.4, -0.2) is 51.9 Å². The highest BCUT2D eigenvalue weighted by Crippen LogP contribution is 2.31. The van der Waals surface area contributed by atoms with Crippen LogP contribution in [0.25, 0.3) is 0 Å². The van der Waals surface area contributed by atoms with Gasteiger partial charge in [0.25, 0.3) is 0 Å². The van der Waals surface area contributed by atoms with Crippen LogP contribution < -0.4 is 14.4 Å². The van der Waals surface area contributed by atoms with Crippen molar-refractivity contribution in [2.24, 2.45) is 5.92 Å². The zero-order chi connectivity index (χ0) is 25.0.